The number of allylic oxidation sites excluding steroid dienone is 2. The third-order valence-corrected chi connectivity index (χ3v) is 2.95. The summed E-state index contributed by atoms with van der Waals surface area (Å²) in [5.74, 6) is 0.933. The molecule has 0 fully saturated rings. The Morgan fingerprint density at radius 3 is 2.60 bits per heavy atom. The van der Waals surface area contributed by atoms with E-state index in [2.05, 4.69) is 18.2 Å². The lowest BCUT2D eigenvalue weighted by Crippen LogP contribution is -1.91. The van der Waals surface area contributed by atoms with Crippen LogP contribution < -0.4 is 4.74 Å². The minimum absolute atomic E-state index is 0.214. The van der Waals surface area contributed by atoms with Crippen LogP contribution in [0, 0.1) is 0 Å². The molecule has 0 heterocycles. The van der Waals surface area contributed by atoms with Crippen LogP contribution in [0.4, 0.5) is 0 Å². The first-order valence-electron chi connectivity index (χ1n) is 5.37. The number of hydrogen-bond donors (Lipinski definition) is 0. The molecule has 0 N–H and O–H groups in total. The minimum atomic E-state index is 0.214. The van der Waals surface area contributed by atoms with E-state index in [1.165, 1.54) is 11.1 Å². The van der Waals surface area contributed by atoms with Crippen molar-refractivity contribution in [3.05, 3.63) is 35.9 Å². The van der Waals surface area contributed by atoms with Gasteiger partial charge in [0.1, 0.15) is 5.75 Å². The lowest BCUT2D eigenvalue weighted by Gasteiger charge is -2.05. The molecule has 0 aliphatic heterocycles. The molecule has 15 heavy (non-hydrogen) atoms. The lowest BCUT2D eigenvalue weighted by molar-refractivity contribution is 0.340. The molecule has 0 bridgehead atoms. The summed E-state index contributed by atoms with van der Waals surface area (Å²) in [7, 11) is 0. The maximum atomic E-state index is 6.04. The summed E-state index contributed by atoms with van der Waals surface area (Å²) in [5.41, 5.74) is 2.62. The zero-order chi connectivity index (χ0) is 10.7. The molecule has 0 radical (unpaired) electrons. The predicted octanol–water partition coefficient (Wildman–Crippen LogP) is 3.87. The molecule has 1 nitrogen and oxygen atoms in total. The average Bonchev–Trinajstić information content (AvgIpc) is 2.67. The van der Waals surface area contributed by atoms with Crippen molar-refractivity contribution in [1.29, 1.82) is 0 Å². The Labute approximate surface area is 95.7 Å². The number of hydrogen-bond acceptors (Lipinski definition) is 1. The zero-order valence-electron chi connectivity index (χ0n) is 8.87. The van der Waals surface area contributed by atoms with Crippen molar-refractivity contribution < 1.29 is 4.74 Å². The molecular formula is C13H15ClO. The van der Waals surface area contributed by atoms with Gasteiger partial charge in [0.2, 0.25) is 0 Å². The second kappa shape index (κ2) is 4.71. The van der Waals surface area contributed by atoms with Crippen molar-refractivity contribution in [1.82, 2.24) is 0 Å². The van der Waals surface area contributed by atoms with E-state index in [-0.39, 0.29) is 5.38 Å². The maximum absolute atomic E-state index is 6.04. The van der Waals surface area contributed by atoms with Gasteiger partial charge in [0, 0.05) is 0 Å². The first-order valence-corrected chi connectivity index (χ1v) is 5.81. The van der Waals surface area contributed by atoms with Gasteiger partial charge in [-0.05, 0) is 43.0 Å². The van der Waals surface area contributed by atoms with Crippen LogP contribution in [0.1, 0.15) is 25.3 Å². The van der Waals surface area contributed by atoms with Crippen molar-refractivity contribution in [2.75, 3.05) is 6.61 Å². The first kappa shape index (κ1) is 10.6. The molecule has 1 atom stereocenters. The van der Waals surface area contributed by atoms with Gasteiger partial charge in [-0.2, -0.15) is 0 Å². The Morgan fingerprint density at radius 1 is 1.33 bits per heavy atom. The highest BCUT2D eigenvalue weighted by Crippen LogP contribution is 2.31. The van der Waals surface area contributed by atoms with Crippen LogP contribution in [0.5, 0.6) is 5.75 Å². The van der Waals surface area contributed by atoms with Crippen LogP contribution in [-0.2, 0) is 0 Å². The summed E-state index contributed by atoms with van der Waals surface area (Å²) in [5, 5.41) is 0.214. The molecule has 80 valence electrons. The Morgan fingerprint density at radius 2 is 2.07 bits per heavy atom. The van der Waals surface area contributed by atoms with Gasteiger partial charge in [-0.15, -0.1) is 11.6 Å². The summed E-state index contributed by atoms with van der Waals surface area (Å²) in [6.07, 6.45) is 4.30. The van der Waals surface area contributed by atoms with E-state index in [0.717, 1.165) is 18.6 Å². The van der Waals surface area contributed by atoms with E-state index in [1.807, 2.05) is 19.1 Å². The van der Waals surface area contributed by atoms with E-state index in [4.69, 9.17) is 16.3 Å². The molecule has 0 saturated carbocycles. The third-order valence-electron chi connectivity index (χ3n) is 2.61. The monoisotopic (exact) mass is 222 g/mol. The molecular weight excluding hydrogens is 208 g/mol. The SMILES string of the molecule is CCOc1ccc(C2=CC(Cl)CC2)cc1. The van der Waals surface area contributed by atoms with Crippen LogP contribution in [0.25, 0.3) is 5.57 Å². The molecule has 0 saturated heterocycles. The summed E-state index contributed by atoms with van der Waals surface area (Å²) in [6, 6.07) is 8.24. The van der Waals surface area contributed by atoms with E-state index in [1.54, 1.807) is 0 Å². The number of benzene rings is 1. The van der Waals surface area contributed by atoms with Gasteiger partial charge in [0.25, 0.3) is 0 Å². The lowest BCUT2D eigenvalue weighted by atomic mass is 10.1. The van der Waals surface area contributed by atoms with Crippen LogP contribution >= 0.6 is 11.6 Å². The highest BCUT2D eigenvalue weighted by atomic mass is 35.5. The van der Waals surface area contributed by atoms with Gasteiger partial charge in [-0.1, -0.05) is 18.2 Å². The number of alkyl halides is 1. The van der Waals surface area contributed by atoms with Gasteiger partial charge >= 0.3 is 0 Å². The van der Waals surface area contributed by atoms with Gasteiger partial charge in [-0.25, -0.2) is 0 Å². The molecule has 1 aromatic carbocycles. The maximum Gasteiger partial charge on any atom is 0.119 e. The van der Waals surface area contributed by atoms with Crippen molar-refractivity contribution in [3.63, 3.8) is 0 Å². The van der Waals surface area contributed by atoms with Crippen molar-refractivity contribution in [2.24, 2.45) is 0 Å². The fourth-order valence-electron chi connectivity index (χ4n) is 1.85. The van der Waals surface area contributed by atoms with Crippen molar-refractivity contribution in [3.8, 4) is 5.75 Å². The van der Waals surface area contributed by atoms with Gasteiger partial charge in [0.15, 0.2) is 0 Å². The smallest absolute Gasteiger partial charge is 0.119 e. The van der Waals surface area contributed by atoms with Crippen molar-refractivity contribution in [2.45, 2.75) is 25.1 Å². The van der Waals surface area contributed by atoms with E-state index in [0.29, 0.717) is 6.61 Å². The molecule has 1 aliphatic carbocycles. The Kier molecular flexibility index (Phi) is 3.32. The number of halogens is 1. The van der Waals surface area contributed by atoms with E-state index < -0.39 is 0 Å². The van der Waals surface area contributed by atoms with Crippen LogP contribution in [0.2, 0.25) is 0 Å². The molecule has 2 rings (SSSR count). The normalized spacial score (nSPS) is 20.1. The summed E-state index contributed by atoms with van der Waals surface area (Å²) >= 11 is 6.04. The standard InChI is InChI=1S/C13H15ClO/c1-2-15-13-7-4-10(5-8-13)11-3-6-12(14)9-11/h4-5,7-9,12H,2-3,6H2,1H3. The summed E-state index contributed by atoms with van der Waals surface area (Å²) in [4.78, 5) is 0. The molecule has 0 amide bonds. The van der Waals surface area contributed by atoms with E-state index in [9.17, 15) is 0 Å². The van der Waals surface area contributed by atoms with Crippen LogP contribution in [0.3, 0.4) is 0 Å². The van der Waals surface area contributed by atoms with Crippen LogP contribution in [0.15, 0.2) is 30.3 Å². The topological polar surface area (TPSA) is 9.23 Å². The Hall–Kier alpha value is -0.950. The second-order valence-electron chi connectivity index (χ2n) is 3.70. The first-order chi connectivity index (χ1) is 7.29. The predicted molar refractivity (Wildman–Crippen MR) is 64.5 cm³/mol. The molecule has 1 aromatic rings. The van der Waals surface area contributed by atoms with Gasteiger partial charge in [0.05, 0.1) is 12.0 Å². The Bertz CT molecular complexity index is 353. The second-order valence-corrected chi connectivity index (χ2v) is 4.26. The van der Waals surface area contributed by atoms with Gasteiger partial charge < -0.3 is 4.74 Å². The highest BCUT2D eigenvalue weighted by molar-refractivity contribution is 6.22. The molecule has 1 unspecified atom stereocenters. The Balaban J connectivity index is 2.13. The van der Waals surface area contributed by atoms with Crippen LogP contribution in [-0.4, -0.2) is 12.0 Å². The molecule has 0 aromatic heterocycles. The number of ether oxygens (including phenoxy) is 1. The van der Waals surface area contributed by atoms with Gasteiger partial charge in [-0.3, -0.25) is 0 Å². The average molecular weight is 223 g/mol. The number of rotatable bonds is 3. The molecule has 1 aliphatic rings. The fraction of sp³-hybridized carbons (Fsp3) is 0.385. The van der Waals surface area contributed by atoms with Crippen molar-refractivity contribution >= 4 is 17.2 Å². The quantitative estimate of drug-likeness (QED) is 0.706. The fourth-order valence-corrected chi connectivity index (χ4v) is 2.11. The minimum Gasteiger partial charge on any atom is -0.494 e. The molecule has 2 heteroatoms. The zero-order valence-corrected chi connectivity index (χ0v) is 9.63. The van der Waals surface area contributed by atoms with E-state index >= 15 is 0 Å². The molecule has 0 spiro atoms. The highest BCUT2D eigenvalue weighted by Gasteiger charge is 2.14. The summed E-state index contributed by atoms with van der Waals surface area (Å²) < 4.78 is 5.40. The summed E-state index contributed by atoms with van der Waals surface area (Å²) in [6.45, 7) is 2.71. The largest absolute Gasteiger partial charge is 0.494 e. The third kappa shape index (κ3) is 2.54.